The van der Waals surface area contributed by atoms with E-state index in [0.29, 0.717) is 5.82 Å². The van der Waals surface area contributed by atoms with Gasteiger partial charge >= 0.3 is 6.36 Å². The second kappa shape index (κ2) is 4.96. The number of ether oxygens (including phenoxy) is 1. The van der Waals surface area contributed by atoms with Gasteiger partial charge in [-0.3, -0.25) is 14.1 Å². The van der Waals surface area contributed by atoms with Gasteiger partial charge in [0.15, 0.2) is 0 Å². The van der Waals surface area contributed by atoms with Crippen molar-refractivity contribution in [2.45, 2.75) is 19.8 Å². The Hall–Kier alpha value is -0.890. The fourth-order valence-corrected chi connectivity index (χ4v) is 1.38. The molecule has 0 aliphatic carbocycles. The standard InChI is InChI=1S/C8H8BrF3N2O2/c1-5-13-4-6(9)7(15)14(5)2-3-16-8(10,11)12/h4H,2-3H2,1H3. The maximum absolute atomic E-state index is 11.7. The lowest BCUT2D eigenvalue weighted by molar-refractivity contribution is -0.325. The predicted molar refractivity (Wildman–Crippen MR) is 52.9 cm³/mol. The molecule has 0 atom stereocenters. The molecule has 1 aromatic rings. The van der Waals surface area contributed by atoms with E-state index in [0.717, 1.165) is 4.57 Å². The number of hydrogen-bond acceptors (Lipinski definition) is 3. The van der Waals surface area contributed by atoms with Crippen LogP contribution in [0.5, 0.6) is 0 Å². The minimum atomic E-state index is -4.68. The molecule has 1 heterocycles. The van der Waals surface area contributed by atoms with Crippen molar-refractivity contribution in [1.82, 2.24) is 9.55 Å². The van der Waals surface area contributed by atoms with Crippen LogP contribution in [0.4, 0.5) is 13.2 Å². The molecule has 0 unspecified atom stereocenters. The van der Waals surface area contributed by atoms with Crippen molar-refractivity contribution < 1.29 is 17.9 Å². The molecule has 0 saturated carbocycles. The molecular weight excluding hydrogens is 293 g/mol. The minimum absolute atomic E-state index is 0.198. The van der Waals surface area contributed by atoms with Crippen molar-refractivity contribution in [3.63, 3.8) is 0 Å². The maximum atomic E-state index is 11.7. The van der Waals surface area contributed by atoms with Crippen LogP contribution >= 0.6 is 15.9 Å². The third kappa shape index (κ3) is 3.60. The van der Waals surface area contributed by atoms with Crippen molar-refractivity contribution in [1.29, 1.82) is 0 Å². The maximum Gasteiger partial charge on any atom is 0.522 e. The van der Waals surface area contributed by atoms with E-state index in [1.807, 2.05) is 0 Å². The number of hydrogen-bond donors (Lipinski definition) is 0. The van der Waals surface area contributed by atoms with Crippen LogP contribution in [-0.2, 0) is 11.3 Å². The Morgan fingerprint density at radius 1 is 1.56 bits per heavy atom. The number of halogens is 4. The van der Waals surface area contributed by atoms with E-state index >= 15 is 0 Å². The summed E-state index contributed by atoms with van der Waals surface area (Å²) in [7, 11) is 0. The average Bonchev–Trinajstić information content (AvgIpc) is 2.16. The number of rotatable bonds is 3. The van der Waals surface area contributed by atoms with Gasteiger partial charge in [-0.1, -0.05) is 0 Å². The molecule has 8 heteroatoms. The SMILES string of the molecule is Cc1ncc(Br)c(=O)n1CCOC(F)(F)F. The summed E-state index contributed by atoms with van der Waals surface area (Å²) >= 11 is 2.95. The first kappa shape index (κ1) is 13.2. The lowest BCUT2D eigenvalue weighted by Gasteiger charge is -2.10. The Morgan fingerprint density at radius 3 is 2.75 bits per heavy atom. The van der Waals surface area contributed by atoms with Crippen LogP contribution < -0.4 is 5.56 Å². The van der Waals surface area contributed by atoms with Crippen molar-refractivity contribution in [2.24, 2.45) is 0 Å². The molecule has 0 spiro atoms. The van der Waals surface area contributed by atoms with E-state index in [1.165, 1.54) is 13.1 Å². The average molecular weight is 301 g/mol. The van der Waals surface area contributed by atoms with E-state index in [4.69, 9.17) is 0 Å². The first-order chi connectivity index (χ1) is 7.31. The molecule has 0 amide bonds. The van der Waals surface area contributed by atoms with Gasteiger partial charge in [-0.05, 0) is 22.9 Å². The number of aryl methyl sites for hydroxylation is 1. The van der Waals surface area contributed by atoms with Gasteiger partial charge in [0.25, 0.3) is 5.56 Å². The monoisotopic (exact) mass is 300 g/mol. The zero-order chi connectivity index (χ0) is 12.3. The number of alkyl halides is 3. The lowest BCUT2D eigenvalue weighted by Crippen LogP contribution is -2.27. The molecular formula is C8H8BrF3N2O2. The molecule has 90 valence electrons. The van der Waals surface area contributed by atoms with Crippen LogP contribution in [0.2, 0.25) is 0 Å². The fourth-order valence-electron chi connectivity index (χ4n) is 1.07. The van der Waals surface area contributed by atoms with Gasteiger partial charge < -0.3 is 0 Å². The summed E-state index contributed by atoms with van der Waals surface area (Å²) in [5.74, 6) is 0.332. The lowest BCUT2D eigenvalue weighted by atomic mass is 10.5. The van der Waals surface area contributed by atoms with Crippen molar-refractivity contribution in [3.05, 3.63) is 26.8 Å². The fraction of sp³-hybridized carbons (Fsp3) is 0.500. The highest BCUT2D eigenvalue weighted by molar-refractivity contribution is 9.10. The highest BCUT2D eigenvalue weighted by Crippen LogP contribution is 2.15. The molecule has 0 N–H and O–H groups in total. The summed E-state index contributed by atoms with van der Waals surface area (Å²) in [6.07, 6.45) is -3.38. The Kier molecular flexibility index (Phi) is 4.09. The van der Waals surface area contributed by atoms with E-state index in [1.54, 1.807) is 0 Å². The van der Waals surface area contributed by atoms with E-state index in [-0.39, 0.29) is 11.0 Å². The molecule has 1 rings (SSSR count). The number of aromatic nitrogens is 2. The normalized spacial score (nSPS) is 11.8. The first-order valence-electron chi connectivity index (χ1n) is 4.24. The summed E-state index contributed by atoms with van der Waals surface area (Å²) in [6, 6.07) is 0. The molecule has 0 bridgehead atoms. The number of nitrogens with zero attached hydrogens (tertiary/aromatic N) is 2. The summed E-state index contributed by atoms with van der Waals surface area (Å²) < 4.78 is 40.0. The Balaban J connectivity index is 2.75. The Morgan fingerprint density at radius 2 is 2.19 bits per heavy atom. The van der Waals surface area contributed by atoms with Gasteiger partial charge in [-0.2, -0.15) is 0 Å². The Bertz CT molecular complexity index is 430. The second-order valence-corrected chi connectivity index (χ2v) is 3.76. The molecule has 0 aliphatic rings. The van der Waals surface area contributed by atoms with Crippen LogP contribution in [0.15, 0.2) is 15.5 Å². The molecule has 4 nitrogen and oxygen atoms in total. The van der Waals surface area contributed by atoms with Gasteiger partial charge in [0.05, 0.1) is 13.2 Å². The molecule has 0 aliphatic heterocycles. The summed E-state index contributed by atoms with van der Waals surface area (Å²) in [6.45, 7) is 0.709. The highest BCUT2D eigenvalue weighted by Gasteiger charge is 2.28. The minimum Gasteiger partial charge on any atom is -0.294 e. The molecule has 1 aromatic heterocycles. The van der Waals surface area contributed by atoms with Gasteiger partial charge in [-0.15, -0.1) is 13.2 Å². The van der Waals surface area contributed by atoms with Crippen LogP contribution in [-0.4, -0.2) is 22.5 Å². The van der Waals surface area contributed by atoms with Crippen molar-refractivity contribution in [2.75, 3.05) is 6.61 Å². The molecule has 0 aromatic carbocycles. The highest BCUT2D eigenvalue weighted by atomic mass is 79.9. The molecule has 16 heavy (non-hydrogen) atoms. The second-order valence-electron chi connectivity index (χ2n) is 2.90. The van der Waals surface area contributed by atoms with E-state index in [9.17, 15) is 18.0 Å². The van der Waals surface area contributed by atoms with Crippen molar-refractivity contribution in [3.8, 4) is 0 Å². The summed E-state index contributed by atoms with van der Waals surface area (Å²) in [5.41, 5.74) is -0.432. The Labute approximate surface area is 97.2 Å². The van der Waals surface area contributed by atoms with E-state index < -0.39 is 18.5 Å². The summed E-state index contributed by atoms with van der Waals surface area (Å²) in [4.78, 5) is 15.3. The van der Waals surface area contributed by atoms with Crippen molar-refractivity contribution >= 4 is 15.9 Å². The van der Waals surface area contributed by atoms with Crippen LogP contribution in [0.3, 0.4) is 0 Å². The molecule has 0 radical (unpaired) electrons. The van der Waals surface area contributed by atoms with Crippen LogP contribution in [0, 0.1) is 6.92 Å². The topological polar surface area (TPSA) is 44.1 Å². The quantitative estimate of drug-likeness (QED) is 0.856. The van der Waals surface area contributed by atoms with Crippen LogP contribution in [0.1, 0.15) is 5.82 Å². The van der Waals surface area contributed by atoms with Crippen LogP contribution in [0.25, 0.3) is 0 Å². The predicted octanol–water partition coefficient (Wildman–Crippen LogP) is 1.85. The first-order valence-corrected chi connectivity index (χ1v) is 5.03. The third-order valence-corrected chi connectivity index (χ3v) is 2.33. The van der Waals surface area contributed by atoms with Gasteiger partial charge in [0.1, 0.15) is 10.3 Å². The third-order valence-electron chi connectivity index (χ3n) is 1.79. The zero-order valence-corrected chi connectivity index (χ0v) is 9.80. The largest absolute Gasteiger partial charge is 0.522 e. The van der Waals surface area contributed by atoms with Gasteiger partial charge in [0, 0.05) is 6.20 Å². The summed E-state index contributed by atoms with van der Waals surface area (Å²) in [5, 5.41) is 0. The molecule has 0 saturated heterocycles. The van der Waals surface area contributed by atoms with Gasteiger partial charge in [-0.25, -0.2) is 4.98 Å². The zero-order valence-electron chi connectivity index (χ0n) is 8.21. The van der Waals surface area contributed by atoms with Gasteiger partial charge in [0.2, 0.25) is 0 Å². The van der Waals surface area contributed by atoms with E-state index in [2.05, 4.69) is 25.7 Å². The smallest absolute Gasteiger partial charge is 0.294 e. The molecule has 0 fully saturated rings.